The summed E-state index contributed by atoms with van der Waals surface area (Å²) in [5, 5.41) is 8.09. The lowest BCUT2D eigenvalue weighted by molar-refractivity contribution is 0.440. The standard InChI is InChI=1S/C15H18BrN3/c1-19-15(11-5-7-17-8-6-11)10-14(18-19)12-3-2-4-13(16)9-12/h2-4,9-11,17H,5-8H2,1H3. The fourth-order valence-electron chi connectivity index (χ4n) is 2.77. The molecular formula is C15H18BrN3. The molecular weight excluding hydrogens is 302 g/mol. The van der Waals surface area contributed by atoms with Crippen LogP contribution in [0.2, 0.25) is 0 Å². The third kappa shape index (κ3) is 2.74. The summed E-state index contributed by atoms with van der Waals surface area (Å²) in [7, 11) is 2.05. The average Bonchev–Trinajstić information content (AvgIpc) is 2.82. The van der Waals surface area contributed by atoms with Crippen LogP contribution >= 0.6 is 15.9 Å². The first-order chi connectivity index (χ1) is 9.24. The monoisotopic (exact) mass is 319 g/mol. The third-order valence-electron chi connectivity index (χ3n) is 3.79. The lowest BCUT2D eigenvalue weighted by atomic mass is 9.94. The predicted octanol–water partition coefficient (Wildman–Crippen LogP) is 3.32. The van der Waals surface area contributed by atoms with E-state index < -0.39 is 0 Å². The van der Waals surface area contributed by atoms with Gasteiger partial charge in [-0.2, -0.15) is 5.10 Å². The molecule has 0 aliphatic carbocycles. The summed E-state index contributed by atoms with van der Waals surface area (Å²) in [5.74, 6) is 0.639. The molecule has 3 rings (SSSR count). The number of benzene rings is 1. The van der Waals surface area contributed by atoms with Gasteiger partial charge < -0.3 is 5.32 Å². The second-order valence-corrected chi connectivity index (χ2v) is 6.03. The van der Waals surface area contributed by atoms with E-state index in [2.05, 4.69) is 57.7 Å². The van der Waals surface area contributed by atoms with Crippen molar-refractivity contribution in [1.82, 2.24) is 15.1 Å². The average molecular weight is 320 g/mol. The largest absolute Gasteiger partial charge is 0.317 e. The van der Waals surface area contributed by atoms with Crippen molar-refractivity contribution in [3.05, 3.63) is 40.5 Å². The van der Waals surface area contributed by atoms with Crippen LogP contribution in [-0.2, 0) is 7.05 Å². The summed E-state index contributed by atoms with van der Waals surface area (Å²) in [6, 6.07) is 10.6. The number of piperidine rings is 1. The normalized spacial score (nSPS) is 16.7. The molecule has 0 saturated carbocycles. The van der Waals surface area contributed by atoms with E-state index in [0.717, 1.165) is 23.3 Å². The Morgan fingerprint density at radius 3 is 2.79 bits per heavy atom. The van der Waals surface area contributed by atoms with Gasteiger partial charge in [0.05, 0.1) is 5.69 Å². The van der Waals surface area contributed by atoms with Crippen molar-refractivity contribution in [2.45, 2.75) is 18.8 Å². The molecule has 2 heterocycles. The number of aromatic nitrogens is 2. The van der Waals surface area contributed by atoms with Gasteiger partial charge in [-0.25, -0.2) is 0 Å². The van der Waals surface area contributed by atoms with Crippen molar-refractivity contribution in [2.75, 3.05) is 13.1 Å². The van der Waals surface area contributed by atoms with E-state index in [0.29, 0.717) is 5.92 Å². The number of nitrogens with one attached hydrogen (secondary N) is 1. The van der Waals surface area contributed by atoms with Gasteiger partial charge in [-0.1, -0.05) is 28.1 Å². The molecule has 1 aromatic carbocycles. The zero-order valence-corrected chi connectivity index (χ0v) is 12.7. The lowest BCUT2D eigenvalue weighted by Gasteiger charge is -2.22. The number of aryl methyl sites for hydroxylation is 1. The Morgan fingerprint density at radius 1 is 1.26 bits per heavy atom. The summed E-state index contributed by atoms with van der Waals surface area (Å²) in [5.41, 5.74) is 3.60. The molecule has 0 spiro atoms. The molecule has 3 nitrogen and oxygen atoms in total. The van der Waals surface area contributed by atoms with Crippen LogP contribution in [0.4, 0.5) is 0 Å². The molecule has 100 valence electrons. The third-order valence-corrected chi connectivity index (χ3v) is 4.29. The highest BCUT2D eigenvalue weighted by molar-refractivity contribution is 9.10. The van der Waals surface area contributed by atoms with Gasteiger partial charge in [-0.3, -0.25) is 4.68 Å². The van der Waals surface area contributed by atoms with E-state index in [1.807, 2.05) is 10.7 Å². The molecule has 4 heteroatoms. The van der Waals surface area contributed by atoms with Gasteiger partial charge in [-0.05, 0) is 44.1 Å². The van der Waals surface area contributed by atoms with Crippen LogP contribution in [0, 0.1) is 0 Å². The highest BCUT2D eigenvalue weighted by Gasteiger charge is 2.19. The first kappa shape index (κ1) is 12.9. The zero-order valence-electron chi connectivity index (χ0n) is 11.1. The van der Waals surface area contributed by atoms with Crippen molar-refractivity contribution >= 4 is 15.9 Å². The second-order valence-electron chi connectivity index (χ2n) is 5.11. The van der Waals surface area contributed by atoms with Crippen LogP contribution in [0.3, 0.4) is 0 Å². The molecule has 0 amide bonds. The van der Waals surface area contributed by atoms with Gasteiger partial charge in [0.15, 0.2) is 0 Å². The Kier molecular flexibility index (Phi) is 3.71. The minimum absolute atomic E-state index is 0.639. The molecule has 1 fully saturated rings. The smallest absolute Gasteiger partial charge is 0.0926 e. The summed E-state index contributed by atoms with van der Waals surface area (Å²) < 4.78 is 3.14. The maximum atomic E-state index is 4.67. The van der Waals surface area contributed by atoms with E-state index in [9.17, 15) is 0 Å². The van der Waals surface area contributed by atoms with Gasteiger partial charge in [0.1, 0.15) is 0 Å². The topological polar surface area (TPSA) is 29.9 Å². The van der Waals surface area contributed by atoms with Crippen molar-refractivity contribution in [3.63, 3.8) is 0 Å². The molecule has 0 radical (unpaired) electrons. The summed E-state index contributed by atoms with van der Waals surface area (Å²) in [4.78, 5) is 0. The maximum absolute atomic E-state index is 4.67. The van der Waals surface area contributed by atoms with Gasteiger partial charge in [0.2, 0.25) is 0 Å². The molecule has 0 unspecified atom stereocenters. The summed E-state index contributed by atoms with van der Waals surface area (Å²) >= 11 is 3.52. The van der Waals surface area contributed by atoms with E-state index in [1.54, 1.807) is 0 Å². The van der Waals surface area contributed by atoms with Gasteiger partial charge in [0, 0.05) is 28.7 Å². The van der Waals surface area contributed by atoms with Crippen LogP contribution in [0.15, 0.2) is 34.8 Å². The second kappa shape index (κ2) is 5.47. The zero-order chi connectivity index (χ0) is 13.2. The quantitative estimate of drug-likeness (QED) is 0.920. The molecule has 1 aliphatic heterocycles. The van der Waals surface area contributed by atoms with Gasteiger partial charge in [-0.15, -0.1) is 0 Å². The van der Waals surface area contributed by atoms with E-state index >= 15 is 0 Å². The molecule has 2 aromatic rings. The maximum Gasteiger partial charge on any atom is 0.0926 e. The molecule has 1 saturated heterocycles. The first-order valence-corrected chi connectivity index (χ1v) is 7.54. The first-order valence-electron chi connectivity index (χ1n) is 6.74. The van der Waals surface area contributed by atoms with Gasteiger partial charge in [0.25, 0.3) is 0 Å². The van der Waals surface area contributed by atoms with Crippen LogP contribution in [-0.4, -0.2) is 22.9 Å². The summed E-state index contributed by atoms with van der Waals surface area (Å²) in [6.45, 7) is 2.23. The number of rotatable bonds is 2. The molecule has 1 aliphatic rings. The number of nitrogens with zero attached hydrogens (tertiary/aromatic N) is 2. The Bertz CT molecular complexity index is 571. The van der Waals surface area contributed by atoms with E-state index in [1.165, 1.54) is 24.1 Å². The molecule has 1 N–H and O–H groups in total. The number of hydrogen-bond acceptors (Lipinski definition) is 2. The number of halogens is 1. The van der Waals surface area contributed by atoms with Crippen molar-refractivity contribution < 1.29 is 0 Å². The fraction of sp³-hybridized carbons (Fsp3) is 0.400. The van der Waals surface area contributed by atoms with Crippen molar-refractivity contribution in [3.8, 4) is 11.3 Å². The Balaban J connectivity index is 1.92. The summed E-state index contributed by atoms with van der Waals surface area (Å²) in [6.07, 6.45) is 2.41. The fourth-order valence-corrected chi connectivity index (χ4v) is 3.17. The Hall–Kier alpha value is -1.13. The molecule has 1 aromatic heterocycles. The molecule has 19 heavy (non-hydrogen) atoms. The van der Waals surface area contributed by atoms with E-state index in [4.69, 9.17) is 0 Å². The predicted molar refractivity (Wildman–Crippen MR) is 81.2 cm³/mol. The molecule has 0 atom stereocenters. The highest BCUT2D eigenvalue weighted by atomic mass is 79.9. The van der Waals surface area contributed by atoms with Crippen molar-refractivity contribution in [2.24, 2.45) is 7.05 Å². The highest BCUT2D eigenvalue weighted by Crippen LogP contribution is 2.29. The minimum Gasteiger partial charge on any atom is -0.317 e. The Labute approximate surface area is 122 Å². The van der Waals surface area contributed by atoms with Crippen LogP contribution in [0.5, 0.6) is 0 Å². The number of hydrogen-bond donors (Lipinski definition) is 1. The van der Waals surface area contributed by atoms with Crippen LogP contribution in [0.25, 0.3) is 11.3 Å². The SMILES string of the molecule is Cn1nc(-c2cccc(Br)c2)cc1C1CCNCC1. The van der Waals surface area contributed by atoms with Crippen LogP contribution in [0.1, 0.15) is 24.5 Å². The minimum atomic E-state index is 0.639. The van der Waals surface area contributed by atoms with Crippen molar-refractivity contribution in [1.29, 1.82) is 0 Å². The Morgan fingerprint density at radius 2 is 2.05 bits per heavy atom. The molecule has 0 bridgehead atoms. The van der Waals surface area contributed by atoms with Gasteiger partial charge >= 0.3 is 0 Å². The van der Waals surface area contributed by atoms with E-state index in [-0.39, 0.29) is 0 Å². The van der Waals surface area contributed by atoms with Crippen LogP contribution < -0.4 is 5.32 Å². The lowest BCUT2D eigenvalue weighted by Crippen LogP contribution is -2.27.